The van der Waals surface area contributed by atoms with Crippen LogP contribution in [0.15, 0.2) is 78.9 Å². The van der Waals surface area contributed by atoms with Gasteiger partial charge in [0.1, 0.15) is 11.5 Å². The predicted octanol–water partition coefficient (Wildman–Crippen LogP) is 8.18. The number of fused-ring (bicyclic) bond motifs is 2. The molecule has 4 aromatic carbocycles. The lowest BCUT2D eigenvalue weighted by Gasteiger charge is -2.17. The molecule has 5 aromatic rings. The van der Waals surface area contributed by atoms with E-state index in [1.165, 1.54) is 38.6 Å². The minimum Gasteiger partial charge on any atom is -0.497 e. The molecule has 0 aliphatic rings. The minimum absolute atomic E-state index is 0.831. The van der Waals surface area contributed by atoms with E-state index in [0.29, 0.717) is 0 Å². The second-order valence-electron chi connectivity index (χ2n) is 9.08. The molecule has 0 atom stereocenters. The Balaban J connectivity index is 0.000000617. The summed E-state index contributed by atoms with van der Waals surface area (Å²) < 4.78 is 52.6. The highest BCUT2D eigenvalue weighted by molar-refractivity contribution is 6.50. The van der Waals surface area contributed by atoms with Crippen molar-refractivity contribution >= 4 is 29.1 Å². The molecule has 0 amide bonds. The third-order valence-electron chi connectivity index (χ3n) is 6.37. The van der Waals surface area contributed by atoms with E-state index in [1.807, 2.05) is 6.07 Å². The molecule has 0 radical (unpaired) electrons. The quantitative estimate of drug-likeness (QED) is 0.103. The first-order valence-corrected chi connectivity index (χ1v) is 12.1. The molecule has 0 bridgehead atoms. The molecule has 5 rings (SSSR count). The number of para-hydroxylation sites is 1. The van der Waals surface area contributed by atoms with E-state index in [4.69, 9.17) is 9.47 Å². The van der Waals surface area contributed by atoms with E-state index >= 15 is 0 Å². The first-order valence-electron chi connectivity index (χ1n) is 12.1. The summed E-state index contributed by atoms with van der Waals surface area (Å²) in [4.78, 5) is 0. The Morgan fingerprint density at radius 3 is 1.47 bits per heavy atom. The molecule has 0 unspecified atom stereocenters. The highest BCUT2D eigenvalue weighted by Crippen LogP contribution is 2.40. The van der Waals surface area contributed by atoms with Gasteiger partial charge >= 0.3 is 7.25 Å². The van der Waals surface area contributed by atoms with Crippen LogP contribution in [0.3, 0.4) is 0 Å². The number of nitrogens with zero attached hydrogens (tertiary/aromatic N) is 1. The fourth-order valence-electron chi connectivity index (χ4n) is 5.04. The van der Waals surface area contributed by atoms with Crippen LogP contribution in [0.5, 0.6) is 11.5 Å². The average Bonchev–Trinajstić information content (AvgIpc) is 2.86. The van der Waals surface area contributed by atoms with Crippen molar-refractivity contribution in [3.63, 3.8) is 0 Å². The first-order chi connectivity index (χ1) is 18.0. The summed E-state index contributed by atoms with van der Waals surface area (Å²) in [6.07, 6.45) is 0. The van der Waals surface area contributed by atoms with Crippen LogP contribution in [0.2, 0.25) is 0 Å². The van der Waals surface area contributed by atoms with Crippen molar-refractivity contribution in [1.29, 1.82) is 0 Å². The second kappa shape index (κ2) is 10.7. The van der Waals surface area contributed by atoms with Crippen molar-refractivity contribution in [2.75, 3.05) is 14.2 Å². The Bertz CT molecular complexity index is 1520. The van der Waals surface area contributed by atoms with Gasteiger partial charge in [-0.2, -0.15) is 4.57 Å². The van der Waals surface area contributed by atoms with Gasteiger partial charge in [-0.1, -0.05) is 35.9 Å². The topological polar surface area (TPSA) is 22.3 Å². The van der Waals surface area contributed by atoms with Crippen molar-refractivity contribution in [2.45, 2.75) is 20.8 Å². The van der Waals surface area contributed by atoms with Gasteiger partial charge in [0, 0.05) is 17.7 Å². The van der Waals surface area contributed by atoms with Crippen molar-refractivity contribution in [2.24, 2.45) is 0 Å². The summed E-state index contributed by atoms with van der Waals surface area (Å²) in [5.74, 6) is 1.66. The zero-order chi connectivity index (χ0) is 27.6. The van der Waals surface area contributed by atoms with Crippen LogP contribution in [-0.4, -0.2) is 21.5 Å². The molecular formula is C30H28BF4NO2. The lowest BCUT2D eigenvalue weighted by molar-refractivity contribution is -0.537. The van der Waals surface area contributed by atoms with Gasteiger partial charge in [0.25, 0.3) is 0 Å². The molecule has 0 aliphatic heterocycles. The van der Waals surface area contributed by atoms with Gasteiger partial charge in [-0.3, -0.25) is 0 Å². The number of pyridine rings is 1. The maximum Gasteiger partial charge on any atom is 0.673 e. The Morgan fingerprint density at radius 2 is 1.05 bits per heavy atom. The fourth-order valence-corrected chi connectivity index (χ4v) is 5.04. The van der Waals surface area contributed by atoms with Gasteiger partial charge < -0.3 is 26.7 Å². The fraction of sp³-hybridized carbons (Fsp3) is 0.167. The summed E-state index contributed by atoms with van der Waals surface area (Å²) in [6, 6.07) is 27.7. The normalized spacial score (nSPS) is 11.3. The van der Waals surface area contributed by atoms with Crippen molar-refractivity contribution in [3.8, 4) is 28.3 Å². The zero-order valence-electron chi connectivity index (χ0n) is 21.9. The maximum atomic E-state index is 9.75. The summed E-state index contributed by atoms with van der Waals surface area (Å²) in [6.45, 7) is 6.57. The molecule has 0 saturated carbocycles. The molecule has 38 heavy (non-hydrogen) atoms. The van der Waals surface area contributed by atoms with Crippen molar-refractivity contribution < 1.29 is 31.3 Å². The van der Waals surface area contributed by atoms with E-state index in [0.717, 1.165) is 28.2 Å². The number of rotatable bonds is 4. The van der Waals surface area contributed by atoms with Gasteiger partial charge in [-0.15, -0.1) is 0 Å². The number of hydrogen-bond acceptors (Lipinski definition) is 2. The molecule has 0 aliphatic carbocycles. The van der Waals surface area contributed by atoms with Crippen LogP contribution < -0.4 is 14.0 Å². The van der Waals surface area contributed by atoms with Gasteiger partial charge in [0.2, 0.25) is 16.7 Å². The standard InChI is InChI=1S/C30H28NO2.BF4/c1-19-15-20(2)29(21(3)16-19)30-25-13-11-23(32-4)17-27(25)31(22-9-7-6-8-10-22)28-18-24(33-5)12-14-26(28)30;2-1(3,4)5/h6-18H,1-5H3;/q+1;-1. The predicted molar refractivity (Wildman–Crippen MR) is 146 cm³/mol. The molecule has 8 heteroatoms. The van der Waals surface area contributed by atoms with Crippen LogP contribution in [0, 0.1) is 20.8 Å². The number of ether oxygens (including phenoxy) is 2. The molecule has 0 N–H and O–H groups in total. The van der Waals surface area contributed by atoms with Crippen LogP contribution in [0.25, 0.3) is 38.6 Å². The molecular weight excluding hydrogens is 493 g/mol. The lowest BCUT2D eigenvalue weighted by Crippen LogP contribution is -2.33. The Kier molecular flexibility index (Phi) is 7.62. The van der Waals surface area contributed by atoms with E-state index in [2.05, 4.69) is 98.1 Å². The van der Waals surface area contributed by atoms with Gasteiger partial charge in [0.05, 0.1) is 37.1 Å². The summed E-state index contributed by atoms with van der Waals surface area (Å²) >= 11 is 0. The SMILES string of the molecule is COc1ccc2c(-c3c(C)cc(C)cc3C)c3ccc(OC)cc3[n+](-c3ccccc3)c2c1.F[B-](F)(F)F. The van der Waals surface area contributed by atoms with Crippen LogP contribution in [0.4, 0.5) is 17.3 Å². The second-order valence-corrected chi connectivity index (χ2v) is 9.08. The highest BCUT2D eigenvalue weighted by atomic mass is 19.5. The third-order valence-corrected chi connectivity index (χ3v) is 6.37. The number of benzene rings is 4. The monoisotopic (exact) mass is 521 g/mol. The third kappa shape index (κ3) is 5.59. The number of aryl methyl sites for hydroxylation is 3. The smallest absolute Gasteiger partial charge is 0.497 e. The summed E-state index contributed by atoms with van der Waals surface area (Å²) in [7, 11) is -2.57. The van der Waals surface area contributed by atoms with E-state index in [-0.39, 0.29) is 0 Å². The minimum atomic E-state index is -6.00. The molecule has 0 fully saturated rings. The average molecular weight is 521 g/mol. The lowest BCUT2D eigenvalue weighted by atomic mass is 9.88. The van der Waals surface area contributed by atoms with E-state index in [1.54, 1.807) is 14.2 Å². The highest BCUT2D eigenvalue weighted by Gasteiger charge is 2.26. The molecule has 3 nitrogen and oxygen atoms in total. The van der Waals surface area contributed by atoms with E-state index in [9.17, 15) is 17.3 Å². The van der Waals surface area contributed by atoms with Crippen molar-refractivity contribution in [3.05, 3.63) is 95.6 Å². The van der Waals surface area contributed by atoms with Gasteiger partial charge in [-0.25, -0.2) is 0 Å². The number of aromatic nitrogens is 1. The van der Waals surface area contributed by atoms with Gasteiger partial charge in [0.15, 0.2) is 0 Å². The Hall–Kier alpha value is -4.07. The molecule has 1 aromatic heterocycles. The molecule has 196 valence electrons. The van der Waals surface area contributed by atoms with Crippen LogP contribution in [-0.2, 0) is 0 Å². The van der Waals surface area contributed by atoms with Gasteiger partial charge in [-0.05, 0) is 61.7 Å². The van der Waals surface area contributed by atoms with Crippen molar-refractivity contribution in [1.82, 2.24) is 0 Å². The Labute approximate surface area is 219 Å². The largest absolute Gasteiger partial charge is 0.673 e. The molecule has 0 spiro atoms. The summed E-state index contributed by atoms with van der Waals surface area (Å²) in [5, 5.41) is 2.37. The number of methoxy groups -OCH3 is 2. The first kappa shape index (κ1) is 27.0. The van der Waals surface area contributed by atoms with Crippen LogP contribution in [0.1, 0.15) is 16.7 Å². The molecule has 1 heterocycles. The number of halogens is 4. The van der Waals surface area contributed by atoms with Crippen LogP contribution >= 0.6 is 0 Å². The Morgan fingerprint density at radius 1 is 0.605 bits per heavy atom. The molecule has 0 saturated heterocycles. The van der Waals surface area contributed by atoms with E-state index < -0.39 is 7.25 Å². The summed E-state index contributed by atoms with van der Waals surface area (Å²) in [5.41, 5.74) is 9.64. The maximum absolute atomic E-state index is 9.75. The zero-order valence-corrected chi connectivity index (χ0v) is 21.9. The number of hydrogen-bond donors (Lipinski definition) is 0.